The molecule has 0 fully saturated rings. The highest BCUT2D eigenvalue weighted by Crippen LogP contribution is 2.28. The number of rotatable bonds is 10. The van der Waals surface area contributed by atoms with Gasteiger partial charge in [0.1, 0.15) is 41.9 Å². The monoisotopic (exact) mass is 548 g/mol. The maximum absolute atomic E-state index is 14.0. The molecule has 40 heavy (non-hydrogen) atoms. The van der Waals surface area contributed by atoms with E-state index in [1.807, 2.05) is 31.2 Å². The van der Waals surface area contributed by atoms with Gasteiger partial charge in [0.05, 0.1) is 11.1 Å². The van der Waals surface area contributed by atoms with E-state index < -0.39 is 29.2 Å². The Hall–Kier alpha value is -4.86. The fraction of sp³-hybridized carbons (Fsp3) is 0.167. The molecule has 0 aliphatic carbocycles. The Morgan fingerprint density at radius 1 is 0.900 bits per heavy atom. The summed E-state index contributed by atoms with van der Waals surface area (Å²) >= 11 is 0. The first-order valence-electron chi connectivity index (χ1n) is 12.4. The number of aromatic carboxylic acids is 1. The Labute approximate surface area is 226 Å². The summed E-state index contributed by atoms with van der Waals surface area (Å²) in [6.45, 7) is 1.76. The van der Waals surface area contributed by atoms with E-state index in [1.54, 1.807) is 24.3 Å². The number of benzene rings is 3. The molecule has 0 unspecified atom stereocenters. The van der Waals surface area contributed by atoms with Gasteiger partial charge in [-0.3, -0.25) is 0 Å². The molecule has 0 saturated heterocycles. The van der Waals surface area contributed by atoms with Gasteiger partial charge in [0.15, 0.2) is 17.4 Å². The molecule has 5 aromatic rings. The zero-order valence-corrected chi connectivity index (χ0v) is 21.3. The van der Waals surface area contributed by atoms with Gasteiger partial charge in [-0.15, -0.1) is 0 Å². The summed E-state index contributed by atoms with van der Waals surface area (Å²) < 4.78 is 57.9. The summed E-state index contributed by atoms with van der Waals surface area (Å²) in [6.07, 6.45) is 1.35. The summed E-state index contributed by atoms with van der Waals surface area (Å²) in [7, 11) is 0. The number of carboxylic acids is 1. The second kappa shape index (κ2) is 11.5. The van der Waals surface area contributed by atoms with E-state index in [2.05, 4.69) is 10.1 Å². The lowest BCUT2D eigenvalue weighted by atomic mass is 10.0. The number of aromatic nitrogens is 2. The number of nitrogens with zero attached hydrogens (tertiary/aromatic N) is 2. The number of carboxylic acid groups (broad SMARTS) is 1. The zero-order chi connectivity index (χ0) is 28.2. The normalized spacial score (nSPS) is 11.1. The third-order valence-electron chi connectivity index (χ3n) is 6.22. The van der Waals surface area contributed by atoms with Gasteiger partial charge in [-0.1, -0.05) is 36.3 Å². The van der Waals surface area contributed by atoms with Gasteiger partial charge in [0.25, 0.3) is 0 Å². The molecule has 7 nitrogen and oxygen atoms in total. The van der Waals surface area contributed by atoms with Crippen LogP contribution in [0.25, 0.3) is 22.0 Å². The molecule has 204 valence electrons. The van der Waals surface area contributed by atoms with Crippen molar-refractivity contribution in [3.8, 4) is 22.6 Å². The van der Waals surface area contributed by atoms with Crippen LogP contribution >= 0.6 is 0 Å². The summed E-state index contributed by atoms with van der Waals surface area (Å²) in [5.41, 5.74) is 3.35. The summed E-state index contributed by atoms with van der Waals surface area (Å²) in [5, 5.41) is 13.9. The highest BCUT2D eigenvalue weighted by Gasteiger charge is 2.19. The standard InChI is InChI=1S/C30H23F3N2O5/c1-2-3-28-22(27(35-40-28)16-39-29-23(32)13-20(31)14-24(29)33)15-38-21-8-4-17(5-9-21)18-6-10-25-19(12-18)7-11-26(34-25)30(36)37/h4-14H,2-3,15-16H2,1H3,(H,36,37). The van der Waals surface area contributed by atoms with Gasteiger partial charge in [-0.2, -0.15) is 0 Å². The van der Waals surface area contributed by atoms with Crippen molar-refractivity contribution >= 4 is 16.9 Å². The third-order valence-corrected chi connectivity index (χ3v) is 6.22. The average Bonchev–Trinajstić information content (AvgIpc) is 3.32. The molecule has 10 heteroatoms. The van der Waals surface area contributed by atoms with Crippen molar-refractivity contribution in [3.63, 3.8) is 0 Å². The molecule has 0 aliphatic rings. The van der Waals surface area contributed by atoms with E-state index in [0.717, 1.165) is 22.9 Å². The van der Waals surface area contributed by atoms with Crippen molar-refractivity contribution in [1.29, 1.82) is 0 Å². The first kappa shape index (κ1) is 26.7. The second-order valence-electron chi connectivity index (χ2n) is 8.99. The van der Waals surface area contributed by atoms with E-state index >= 15 is 0 Å². The van der Waals surface area contributed by atoms with Crippen LogP contribution < -0.4 is 9.47 Å². The molecule has 2 heterocycles. The van der Waals surface area contributed by atoms with Crippen LogP contribution in [-0.2, 0) is 19.6 Å². The minimum Gasteiger partial charge on any atom is -0.489 e. The Morgan fingerprint density at radius 2 is 1.62 bits per heavy atom. The van der Waals surface area contributed by atoms with Crippen LogP contribution in [0.5, 0.6) is 11.5 Å². The SMILES string of the molecule is CCCc1onc(COc2c(F)cc(F)cc2F)c1COc1ccc(-c2ccc3nc(C(=O)O)ccc3c2)cc1. The van der Waals surface area contributed by atoms with Gasteiger partial charge >= 0.3 is 5.97 Å². The Balaban J connectivity index is 1.29. The van der Waals surface area contributed by atoms with Gasteiger partial charge in [-0.05, 0) is 47.9 Å². The molecular formula is C30H23F3N2O5. The summed E-state index contributed by atoms with van der Waals surface area (Å²) in [5.74, 6) is -3.97. The first-order chi connectivity index (χ1) is 19.3. The van der Waals surface area contributed by atoms with Crippen LogP contribution in [0, 0.1) is 17.5 Å². The number of fused-ring (bicyclic) bond motifs is 1. The molecular weight excluding hydrogens is 525 g/mol. The fourth-order valence-electron chi connectivity index (χ4n) is 4.21. The fourth-order valence-corrected chi connectivity index (χ4v) is 4.21. The number of aryl methyl sites for hydroxylation is 1. The smallest absolute Gasteiger partial charge is 0.354 e. The summed E-state index contributed by atoms with van der Waals surface area (Å²) in [4.78, 5) is 15.3. The largest absolute Gasteiger partial charge is 0.489 e. The average molecular weight is 549 g/mol. The van der Waals surface area contributed by atoms with Gasteiger partial charge < -0.3 is 19.1 Å². The van der Waals surface area contributed by atoms with Crippen LogP contribution in [0.15, 0.2) is 71.3 Å². The highest BCUT2D eigenvalue weighted by molar-refractivity contribution is 5.91. The minimum atomic E-state index is -1.15. The van der Waals surface area contributed by atoms with Crippen molar-refractivity contribution in [2.45, 2.75) is 33.0 Å². The molecule has 1 N–H and O–H groups in total. The molecule has 0 amide bonds. The Bertz CT molecular complexity index is 1660. The van der Waals surface area contributed by atoms with Gasteiger partial charge in [0, 0.05) is 23.9 Å². The van der Waals surface area contributed by atoms with Crippen LogP contribution in [0.1, 0.15) is 40.9 Å². The molecule has 0 atom stereocenters. The second-order valence-corrected chi connectivity index (χ2v) is 8.99. The van der Waals surface area contributed by atoms with Crippen molar-refractivity contribution in [3.05, 3.63) is 107 Å². The zero-order valence-electron chi connectivity index (χ0n) is 21.3. The number of halogens is 3. The lowest BCUT2D eigenvalue weighted by molar-refractivity contribution is 0.0691. The Morgan fingerprint density at radius 3 is 2.33 bits per heavy atom. The van der Waals surface area contributed by atoms with E-state index in [-0.39, 0.29) is 18.9 Å². The maximum atomic E-state index is 14.0. The minimum absolute atomic E-state index is 0.0128. The van der Waals surface area contributed by atoms with E-state index in [1.165, 1.54) is 6.07 Å². The first-order valence-corrected chi connectivity index (χ1v) is 12.4. The number of carbonyl (C=O) groups is 1. The van der Waals surface area contributed by atoms with E-state index in [9.17, 15) is 18.0 Å². The van der Waals surface area contributed by atoms with Crippen molar-refractivity contribution in [2.75, 3.05) is 0 Å². The Kier molecular flexibility index (Phi) is 7.68. The van der Waals surface area contributed by atoms with Crippen LogP contribution in [0.3, 0.4) is 0 Å². The highest BCUT2D eigenvalue weighted by atomic mass is 19.1. The van der Waals surface area contributed by atoms with Crippen LogP contribution in [0.4, 0.5) is 13.2 Å². The van der Waals surface area contributed by atoms with Crippen LogP contribution in [0.2, 0.25) is 0 Å². The topological polar surface area (TPSA) is 94.7 Å². The van der Waals surface area contributed by atoms with Crippen molar-refractivity contribution in [1.82, 2.24) is 10.1 Å². The van der Waals surface area contributed by atoms with E-state index in [4.69, 9.17) is 19.1 Å². The van der Waals surface area contributed by atoms with Crippen molar-refractivity contribution < 1.29 is 37.1 Å². The predicted molar refractivity (Wildman–Crippen MR) is 140 cm³/mol. The maximum Gasteiger partial charge on any atom is 0.354 e. The number of hydrogen-bond donors (Lipinski definition) is 1. The molecule has 3 aromatic carbocycles. The molecule has 0 spiro atoms. The quantitative estimate of drug-likeness (QED) is 0.199. The van der Waals surface area contributed by atoms with Gasteiger partial charge in [-0.25, -0.2) is 22.9 Å². The summed E-state index contributed by atoms with van der Waals surface area (Å²) in [6, 6.07) is 17.2. The lowest BCUT2D eigenvalue weighted by Crippen LogP contribution is -2.06. The van der Waals surface area contributed by atoms with Crippen molar-refractivity contribution in [2.24, 2.45) is 0 Å². The molecule has 0 bridgehead atoms. The number of hydrogen-bond acceptors (Lipinski definition) is 6. The molecule has 0 saturated carbocycles. The molecule has 0 radical (unpaired) electrons. The number of pyridine rings is 1. The lowest BCUT2D eigenvalue weighted by Gasteiger charge is -2.10. The molecule has 5 rings (SSSR count). The molecule has 0 aliphatic heterocycles. The van der Waals surface area contributed by atoms with Crippen LogP contribution in [-0.4, -0.2) is 21.2 Å². The van der Waals surface area contributed by atoms with E-state index in [0.29, 0.717) is 46.8 Å². The third kappa shape index (κ3) is 5.75. The number of ether oxygens (including phenoxy) is 2. The molecule has 2 aromatic heterocycles. The van der Waals surface area contributed by atoms with Gasteiger partial charge in [0.2, 0.25) is 0 Å². The predicted octanol–water partition coefficient (Wildman–Crippen LogP) is 7.12.